The molecule has 2 N–H and O–H groups in total. The summed E-state index contributed by atoms with van der Waals surface area (Å²) in [7, 11) is 0. The lowest BCUT2D eigenvalue weighted by Gasteiger charge is -2.47. The van der Waals surface area contributed by atoms with E-state index in [-0.39, 0.29) is 36.2 Å². The Labute approximate surface area is 239 Å². The van der Waals surface area contributed by atoms with Crippen LogP contribution in [0.1, 0.15) is 93.2 Å². The third kappa shape index (κ3) is 6.47. The van der Waals surface area contributed by atoms with Crippen molar-refractivity contribution >= 4 is 46.7 Å². The van der Waals surface area contributed by atoms with Crippen molar-refractivity contribution in [1.82, 2.24) is 10.2 Å². The zero-order valence-corrected chi connectivity index (χ0v) is 24.1. The second-order valence-corrected chi connectivity index (χ2v) is 12.1. The van der Waals surface area contributed by atoms with Crippen LogP contribution in [0.25, 0.3) is 0 Å². The van der Waals surface area contributed by atoms with Gasteiger partial charge in [0.2, 0.25) is 0 Å². The van der Waals surface area contributed by atoms with Gasteiger partial charge in [-0.3, -0.25) is 19.4 Å². The number of carboxylic acids is 1. The van der Waals surface area contributed by atoms with E-state index < -0.39 is 11.6 Å². The SMILES string of the molecule is CCC[C@H](c1ccc(C(=O)NCCC(=O)O)cc1)N1C(=O)C(c2cc(Cl)cc(Cl)c2)=NC12CCC(C)(C)CC2. The molecule has 1 heterocycles. The van der Waals surface area contributed by atoms with Crippen molar-refractivity contribution in [1.29, 1.82) is 0 Å². The minimum Gasteiger partial charge on any atom is -0.481 e. The lowest BCUT2D eigenvalue weighted by atomic mass is 9.72. The summed E-state index contributed by atoms with van der Waals surface area (Å²) in [6.45, 7) is 6.66. The van der Waals surface area contributed by atoms with Gasteiger partial charge >= 0.3 is 5.97 Å². The molecule has 4 rings (SSSR count). The summed E-state index contributed by atoms with van der Waals surface area (Å²) in [6.07, 6.45) is 4.85. The molecule has 0 radical (unpaired) electrons. The van der Waals surface area contributed by atoms with Crippen LogP contribution in [0.2, 0.25) is 10.0 Å². The first-order chi connectivity index (χ1) is 18.4. The zero-order chi connectivity index (χ0) is 28.4. The molecular weight excluding hydrogens is 537 g/mol. The number of carboxylic acid groups (broad SMARTS) is 1. The van der Waals surface area contributed by atoms with Crippen LogP contribution in [0.3, 0.4) is 0 Å². The lowest BCUT2D eigenvalue weighted by molar-refractivity contribution is -0.137. The van der Waals surface area contributed by atoms with E-state index in [1.807, 2.05) is 17.0 Å². The fraction of sp³-hybridized carbons (Fsp3) is 0.467. The van der Waals surface area contributed by atoms with Crippen LogP contribution in [0.5, 0.6) is 0 Å². The van der Waals surface area contributed by atoms with Crippen molar-refractivity contribution in [2.75, 3.05) is 6.54 Å². The molecular formula is C30H35Cl2N3O4. The number of hydrogen-bond donors (Lipinski definition) is 2. The standard InChI is InChI=1S/C30H35Cl2N3O4/c1-4-5-24(19-6-8-20(9-7-19)27(38)33-15-10-25(36)37)35-28(39)26(21-16-22(31)18-23(32)17-21)34-30(35)13-11-29(2,3)12-14-30/h6-9,16-18,24H,4-5,10-15H2,1-3H3,(H,33,38)(H,36,37)/t24-/m1/s1. The Kier molecular flexibility index (Phi) is 8.72. The number of benzene rings is 2. The van der Waals surface area contributed by atoms with Gasteiger partial charge in [0.25, 0.3) is 11.8 Å². The maximum absolute atomic E-state index is 14.2. The quantitative estimate of drug-likeness (QED) is 0.351. The van der Waals surface area contributed by atoms with Crippen LogP contribution in [0, 0.1) is 5.41 Å². The largest absolute Gasteiger partial charge is 0.481 e. The number of halogens is 2. The number of aliphatic imine (C=N–C) groups is 1. The molecule has 7 nitrogen and oxygen atoms in total. The molecule has 39 heavy (non-hydrogen) atoms. The van der Waals surface area contributed by atoms with Crippen LogP contribution < -0.4 is 5.32 Å². The molecule has 0 saturated heterocycles. The Morgan fingerprint density at radius 2 is 1.67 bits per heavy atom. The molecule has 1 saturated carbocycles. The van der Waals surface area contributed by atoms with Crippen LogP contribution in [0.4, 0.5) is 0 Å². The first kappa shape index (κ1) is 29.1. The summed E-state index contributed by atoms with van der Waals surface area (Å²) in [4.78, 5) is 44.6. The van der Waals surface area contributed by atoms with Crippen molar-refractivity contribution in [3.63, 3.8) is 0 Å². The number of rotatable bonds is 9. The molecule has 2 aromatic carbocycles. The van der Waals surface area contributed by atoms with Crippen LogP contribution in [-0.4, -0.2) is 45.7 Å². The van der Waals surface area contributed by atoms with Crippen molar-refractivity contribution < 1.29 is 19.5 Å². The van der Waals surface area contributed by atoms with Gasteiger partial charge in [-0.15, -0.1) is 0 Å². The van der Waals surface area contributed by atoms with E-state index in [0.29, 0.717) is 26.9 Å². The molecule has 1 aliphatic carbocycles. The fourth-order valence-electron chi connectivity index (χ4n) is 5.56. The second-order valence-electron chi connectivity index (χ2n) is 11.3. The van der Waals surface area contributed by atoms with Gasteiger partial charge in [-0.2, -0.15) is 0 Å². The van der Waals surface area contributed by atoms with Crippen LogP contribution in [-0.2, 0) is 9.59 Å². The van der Waals surface area contributed by atoms with Gasteiger partial charge in [-0.25, -0.2) is 0 Å². The van der Waals surface area contributed by atoms with Crippen molar-refractivity contribution in [3.8, 4) is 0 Å². The predicted octanol–water partition coefficient (Wildman–Crippen LogP) is 6.67. The maximum atomic E-state index is 14.2. The van der Waals surface area contributed by atoms with E-state index in [4.69, 9.17) is 33.3 Å². The summed E-state index contributed by atoms with van der Waals surface area (Å²) < 4.78 is 0. The van der Waals surface area contributed by atoms with E-state index in [2.05, 4.69) is 26.1 Å². The summed E-state index contributed by atoms with van der Waals surface area (Å²) in [6, 6.07) is 12.1. The molecule has 0 unspecified atom stereocenters. The fourth-order valence-corrected chi connectivity index (χ4v) is 6.09. The summed E-state index contributed by atoms with van der Waals surface area (Å²) >= 11 is 12.6. The highest BCUT2D eigenvalue weighted by Crippen LogP contribution is 2.50. The van der Waals surface area contributed by atoms with E-state index in [9.17, 15) is 14.4 Å². The number of aliphatic carboxylic acids is 1. The number of nitrogens with one attached hydrogen (secondary N) is 1. The molecule has 9 heteroatoms. The van der Waals surface area contributed by atoms with E-state index in [0.717, 1.165) is 44.1 Å². The first-order valence-corrected chi connectivity index (χ1v) is 14.2. The van der Waals surface area contributed by atoms with E-state index >= 15 is 0 Å². The molecule has 2 aromatic rings. The number of nitrogens with zero attached hydrogens (tertiary/aromatic N) is 2. The average molecular weight is 573 g/mol. The van der Waals surface area contributed by atoms with Crippen molar-refractivity contribution in [2.24, 2.45) is 10.4 Å². The summed E-state index contributed by atoms with van der Waals surface area (Å²) in [5.41, 5.74) is 1.88. The van der Waals surface area contributed by atoms with Gasteiger partial charge < -0.3 is 15.3 Å². The normalized spacial score (nSPS) is 18.6. The minimum absolute atomic E-state index is 0.0587. The number of hydrogen-bond acceptors (Lipinski definition) is 4. The molecule has 208 valence electrons. The Morgan fingerprint density at radius 1 is 1.05 bits per heavy atom. The Hall–Kier alpha value is -2.90. The van der Waals surface area contributed by atoms with Gasteiger partial charge in [0, 0.05) is 27.7 Å². The van der Waals surface area contributed by atoms with Crippen molar-refractivity contribution in [2.45, 2.75) is 77.4 Å². The molecule has 1 fully saturated rings. The Balaban J connectivity index is 1.69. The molecule has 1 atom stereocenters. The predicted molar refractivity (Wildman–Crippen MR) is 154 cm³/mol. The maximum Gasteiger partial charge on any atom is 0.305 e. The molecule has 0 bridgehead atoms. The highest BCUT2D eigenvalue weighted by Gasteiger charge is 2.52. The summed E-state index contributed by atoms with van der Waals surface area (Å²) in [5.74, 6) is -1.44. The minimum atomic E-state index is -0.968. The highest BCUT2D eigenvalue weighted by molar-refractivity contribution is 6.47. The van der Waals surface area contributed by atoms with Crippen molar-refractivity contribution in [3.05, 3.63) is 69.2 Å². The first-order valence-electron chi connectivity index (χ1n) is 13.4. The third-order valence-electron chi connectivity index (χ3n) is 7.79. The van der Waals surface area contributed by atoms with Gasteiger partial charge in [0.1, 0.15) is 11.4 Å². The highest BCUT2D eigenvalue weighted by atomic mass is 35.5. The van der Waals surface area contributed by atoms with Crippen LogP contribution in [0.15, 0.2) is 47.5 Å². The number of amides is 2. The average Bonchev–Trinajstić information content (AvgIpc) is 3.15. The number of carbonyl (C=O) groups excluding carboxylic acids is 2. The van der Waals surface area contributed by atoms with E-state index in [1.54, 1.807) is 30.3 Å². The zero-order valence-electron chi connectivity index (χ0n) is 22.6. The van der Waals surface area contributed by atoms with E-state index in [1.165, 1.54) is 0 Å². The van der Waals surface area contributed by atoms with Crippen LogP contribution >= 0.6 is 23.2 Å². The lowest BCUT2D eigenvalue weighted by Crippen LogP contribution is -2.51. The monoisotopic (exact) mass is 571 g/mol. The summed E-state index contributed by atoms with van der Waals surface area (Å²) in [5, 5.41) is 12.3. The molecule has 2 aliphatic rings. The van der Waals surface area contributed by atoms with Gasteiger partial charge in [-0.05, 0) is 73.4 Å². The smallest absolute Gasteiger partial charge is 0.305 e. The molecule has 1 spiro atoms. The Bertz CT molecular complexity index is 1260. The molecule has 0 aromatic heterocycles. The van der Waals surface area contributed by atoms with Gasteiger partial charge in [-0.1, -0.05) is 62.5 Å². The number of carbonyl (C=O) groups is 3. The molecule has 2 amide bonds. The van der Waals surface area contributed by atoms with Gasteiger partial charge in [0.15, 0.2) is 0 Å². The molecule has 1 aliphatic heterocycles. The topological polar surface area (TPSA) is 99.1 Å². The third-order valence-corrected chi connectivity index (χ3v) is 8.22. The Morgan fingerprint density at radius 3 is 2.23 bits per heavy atom. The van der Waals surface area contributed by atoms with Gasteiger partial charge in [0.05, 0.1) is 12.5 Å². The second kappa shape index (κ2) is 11.7.